The molecule has 0 saturated heterocycles. The van der Waals surface area contributed by atoms with Gasteiger partial charge < -0.3 is 15.5 Å². The van der Waals surface area contributed by atoms with Crippen molar-refractivity contribution in [3.05, 3.63) is 17.0 Å². The fraction of sp³-hybridized carbons (Fsp3) is 0.700. The minimum Gasteiger partial charge on any atom is -0.389 e. The second kappa shape index (κ2) is 4.74. The average Bonchev–Trinajstić information content (AvgIpc) is 2.41. The van der Waals surface area contributed by atoms with Gasteiger partial charge in [0.2, 0.25) is 0 Å². The summed E-state index contributed by atoms with van der Waals surface area (Å²) < 4.78 is 1.71. The van der Waals surface area contributed by atoms with E-state index in [2.05, 4.69) is 10.4 Å². The maximum atomic E-state index is 9.95. The molecule has 5 nitrogen and oxygen atoms in total. The first-order chi connectivity index (χ1) is 6.99. The average molecular weight is 213 g/mol. The number of rotatable bonds is 4. The Hall–Kier alpha value is -0.910. The Morgan fingerprint density at radius 1 is 1.40 bits per heavy atom. The van der Waals surface area contributed by atoms with Crippen LogP contribution in [0.3, 0.4) is 0 Å². The lowest BCUT2D eigenvalue weighted by atomic mass is 10.0. The summed E-state index contributed by atoms with van der Waals surface area (Å²) in [6.45, 7) is 4.07. The van der Waals surface area contributed by atoms with Gasteiger partial charge in [0.1, 0.15) is 6.10 Å². The quantitative estimate of drug-likeness (QED) is 0.639. The summed E-state index contributed by atoms with van der Waals surface area (Å²) >= 11 is 0. The number of hydrogen-bond acceptors (Lipinski definition) is 4. The van der Waals surface area contributed by atoms with Crippen LogP contribution in [0.15, 0.2) is 0 Å². The van der Waals surface area contributed by atoms with E-state index in [-0.39, 0.29) is 0 Å². The molecule has 0 radical (unpaired) electrons. The second-order valence-electron chi connectivity index (χ2n) is 3.78. The van der Waals surface area contributed by atoms with E-state index in [0.717, 1.165) is 17.0 Å². The minimum atomic E-state index is -0.883. The van der Waals surface area contributed by atoms with Crippen molar-refractivity contribution in [2.45, 2.75) is 26.1 Å². The largest absolute Gasteiger partial charge is 0.389 e. The van der Waals surface area contributed by atoms with Crippen LogP contribution in [0.2, 0.25) is 0 Å². The van der Waals surface area contributed by atoms with Gasteiger partial charge in [0.15, 0.2) is 0 Å². The number of aryl methyl sites for hydroxylation is 2. The van der Waals surface area contributed by atoms with Crippen molar-refractivity contribution < 1.29 is 10.2 Å². The van der Waals surface area contributed by atoms with Crippen LogP contribution >= 0.6 is 0 Å². The van der Waals surface area contributed by atoms with Crippen molar-refractivity contribution in [1.29, 1.82) is 0 Å². The highest BCUT2D eigenvalue weighted by atomic mass is 16.3. The van der Waals surface area contributed by atoms with Gasteiger partial charge in [-0.25, -0.2) is 0 Å². The molecule has 0 aromatic carbocycles. The Balaban J connectivity index is 2.94. The van der Waals surface area contributed by atoms with Crippen LogP contribution in [0.1, 0.15) is 23.1 Å². The maximum absolute atomic E-state index is 9.95. The molecule has 1 rings (SSSR count). The zero-order valence-corrected chi connectivity index (χ0v) is 9.65. The van der Waals surface area contributed by atoms with Gasteiger partial charge in [0.05, 0.1) is 11.8 Å². The smallest absolute Gasteiger partial charge is 0.110 e. The summed E-state index contributed by atoms with van der Waals surface area (Å²) in [4.78, 5) is 0. The van der Waals surface area contributed by atoms with E-state index in [1.807, 2.05) is 20.9 Å². The highest BCUT2D eigenvalue weighted by Crippen LogP contribution is 2.23. The standard InChI is InChI=1S/C10H19N3O2/c1-6-9(7(2)13(4)12-6)10(15)8(14)5-11-3/h8,10-11,14-15H,5H2,1-4H3. The first-order valence-electron chi connectivity index (χ1n) is 4.99. The van der Waals surface area contributed by atoms with Crippen LogP contribution in [0.25, 0.3) is 0 Å². The van der Waals surface area contributed by atoms with E-state index in [1.165, 1.54) is 0 Å². The van der Waals surface area contributed by atoms with Gasteiger partial charge in [-0.3, -0.25) is 4.68 Å². The van der Waals surface area contributed by atoms with Crippen molar-refractivity contribution in [3.8, 4) is 0 Å². The Bertz CT molecular complexity index is 336. The summed E-state index contributed by atoms with van der Waals surface area (Å²) in [5.74, 6) is 0. The molecule has 2 unspecified atom stereocenters. The molecule has 15 heavy (non-hydrogen) atoms. The van der Waals surface area contributed by atoms with Crippen LogP contribution in [0, 0.1) is 13.8 Å². The molecule has 1 aromatic rings. The van der Waals surface area contributed by atoms with Crippen molar-refractivity contribution in [2.24, 2.45) is 7.05 Å². The molecule has 0 aliphatic heterocycles. The van der Waals surface area contributed by atoms with Crippen LogP contribution in [-0.2, 0) is 7.05 Å². The molecule has 86 valence electrons. The monoisotopic (exact) mass is 213 g/mol. The van der Waals surface area contributed by atoms with Gasteiger partial charge in [-0.2, -0.15) is 5.10 Å². The van der Waals surface area contributed by atoms with Gasteiger partial charge in [-0.05, 0) is 20.9 Å². The number of aliphatic hydroxyl groups excluding tert-OH is 2. The van der Waals surface area contributed by atoms with Crippen molar-refractivity contribution in [1.82, 2.24) is 15.1 Å². The molecule has 3 N–H and O–H groups in total. The lowest BCUT2D eigenvalue weighted by Gasteiger charge is -2.18. The molecule has 0 aliphatic rings. The summed E-state index contributed by atoms with van der Waals surface area (Å²) in [6, 6.07) is 0. The minimum absolute atomic E-state index is 0.356. The van der Waals surface area contributed by atoms with Gasteiger partial charge in [0, 0.05) is 24.8 Å². The maximum Gasteiger partial charge on any atom is 0.110 e. The predicted molar refractivity (Wildman–Crippen MR) is 57.6 cm³/mol. The Morgan fingerprint density at radius 2 is 2.00 bits per heavy atom. The number of likely N-dealkylation sites (N-methyl/N-ethyl adjacent to an activating group) is 1. The van der Waals surface area contributed by atoms with Crippen LogP contribution in [0.5, 0.6) is 0 Å². The molecule has 5 heteroatoms. The van der Waals surface area contributed by atoms with E-state index < -0.39 is 12.2 Å². The first kappa shape index (κ1) is 12.2. The number of aliphatic hydroxyl groups is 2. The van der Waals surface area contributed by atoms with Gasteiger partial charge in [-0.15, -0.1) is 0 Å². The van der Waals surface area contributed by atoms with Crippen LogP contribution in [-0.4, -0.2) is 39.7 Å². The van der Waals surface area contributed by atoms with Crippen molar-refractivity contribution in [2.75, 3.05) is 13.6 Å². The highest BCUT2D eigenvalue weighted by molar-refractivity contribution is 5.27. The third-order valence-corrected chi connectivity index (χ3v) is 2.64. The molecule has 2 atom stereocenters. The molecule has 0 saturated carbocycles. The summed E-state index contributed by atoms with van der Waals surface area (Å²) in [7, 11) is 3.56. The summed E-state index contributed by atoms with van der Waals surface area (Å²) in [5.41, 5.74) is 2.37. The van der Waals surface area contributed by atoms with Gasteiger partial charge >= 0.3 is 0 Å². The van der Waals surface area contributed by atoms with E-state index in [4.69, 9.17) is 0 Å². The van der Waals surface area contributed by atoms with E-state index in [1.54, 1.807) is 11.7 Å². The molecule has 0 fully saturated rings. The topological polar surface area (TPSA) is 70.3 Å². The molecule has 0 spiro atoms. The Labute approximate surface area is 89.7 Å². The molecule has 0 aliphatic carbocycles. The number of nitrogens with zero attached hydrogens (tertiary/aromatic N) is 2. The molecule has 1 aromatic heterocycles. The summed E-state index contributed by atoms with van der Waals surface area (Å²) in [5, 5.41) is 26.7. The van der Waals surface area contributed by atoms with Gasteiger partial charge in [0.25, 0.3) is 0 Å². The summed E-state index contributed by atoms with van der Waals surface area (Å²) in [6.07, 6.45) is -1.69. The highest BCUT2D eigenvalue weighted by Gasteiger charge is 2.24. The number of aromatic nitrogens is 2. The predicted octanol–water partition coefficient (Wildman–Crippen LogP) is -0.349. The van der Waals surface area contributed by atoms with E-state index in [0.29, 0.717) is 6.54 Å². The van der Waals surface area contributed by atoms with E-state index >= 15 is 0 Å². The first-order valence-corrected chi connectivity index (χ1v) is 4.99. The molecule has 0 bridgehead atoms. The Morgan fingerprint density at radius 3 is 2.40 bits per heavy atom. The van der Waals surface area contributed by atoms with Crippen molar-refractivity contribution in [3.63, 3.8) is 0 Å². The molecule has 0 amide bonds. The fourth-order valence-corrected chi connectivity index (χ4v) is 1.73. The zero-order valence-electron chi connectivity index (χ0n) is 9.65. The van der Waals surface area contributed by atoms with Crippen LogP contribution in [0.4, 0.5) is 0 Å². The third kappa shape index (κ3) is 2.37. The van der Waals surface area contributed by atoms with Crippen LogP contribution < -0.4 is 5.32 Å². The molecular formula is C10H19N3O2. The van der Waals surface area contributed by atoms with E-state index in [9.17, 15) is 10.2 Å². The second-order valence-corrected chi connectivity index (χ2v) is 3.78. The zero-order chi connectivity index (χ0) is 11.6. The Kier molecular flexibility index (Phi) is 3.84. The molecule has 1 heterocycles. The van der Waals surface area contributed by atoms with Crippen molar-refractivity contribution >= 4 is 0 Å². The SMILES string of the molecule is CNCC(O)C(O)c1c(C)nn(C)c1C. The fourth-order valence-electron chi connectivity index (χ4n) is 1.73. The normalized spacial score (nSPS) is 15.3. The molecular weight excluding hydrogens is 194 g/mol. The lowest BCUT2D eigenvalue weighted by Crippen LogP contribution is -2.30. The third-order valence-electron chi connectivity index (χ3n) is 2.64. The number of nitrogens with one attached hydrogen (secondary N) is 1. The van der Waals surface area contributed by atoms with Gasteiger partial charge in [-0.1, -0.05) is 0 Å². The number of hydrogen-bond donors (Lipinski definition) is 3. The lowest BCUT2D eigenvalue weighted by molar-refractivity contribution is 0.0194.